The van der Waals surface area contributed by atoms with Crippen molar-refractivity contribution in [3.8, 4) is 0 Å². The van der Waals surface area contributed by atoms with Crippen molar-refractivity contribution in [2.24, 2.45) is 0 Å². The second-order valence-corrected chi connectivity index (χ2v) is 7.33. The van der Waals surface area contributed by atoms with Crippen molar-refractivity contribution in [3.63, 3.8) is 0 Å². The molecule has 1 N–H and O–H groups in total. The molecule has 0 aromatic carbocycles. The van der Waals surface area contributed by atoms with Gasteiger partial charge in [-0.2, -0.15) is 5.10 Å². The lowest BCUT2D eigenvalue weighted by molar-refractivity contribution is -0.136. The molecule has 0 radical (unpaired) electrons. The SMILES string of the molecule is CC(C(=O)O)S(=O)(=O)Cc1ccn(C2CCCC2)n1. The molecule has 106 valence electrons. The monoisotopic (exact) mass is 286 g/mol. The average molecular weight is 286 g/mol. The summed E-state index contributed by atoms with van der Waals surface area (Å²) in [6.45, 7) is 1.19. The van der Waals surface area contributed by atoms with Crippen LogP contribution in [0.4, 0.5) is 0 Å². The van der Waals surface area contributed by atoms with E-state index < -0.39 is 21.1 Å². The lowest BCUT2D eigenvalue weighted by Gasteiger charge is -2.09. The number of sulfone groups is 1. The zero-order chi connectivity index (χ0) is 14.0. The van der Waals surface area contributed by atoms with Gasteiger partial charge in [0.25, 0.3) is 0 Å². The van der Waals surface area contributed by atoms with Gasteiger partial charge in [0.15, 0.2) is 15.1 Å². The highest BCUT2D eigenvalue weighted by atomic mass is 32.2. The highest BCUT2D eigenvalue weighted by Gasteiger charge is 2.29. The molecule has 1 unspecified atom stereocenters. The van der Waals surface area contributed by atoms with Crippen molar-refractivity contribution in [1.29, 1.82) is 0 Å². The molecular formula is C12H18N2O4S. The third-order valence-corrected chi connectivity index (χ3v) is 5.58. The van der Waals surface area contributed by atoms with Crippen molar-refractivity contribution in [2.75, 3.05) is 0 Å². The van der Waals surface area contributed by atoms with Gasteiger partial charge < -0.3 is 5.11 Å². The molecule has 7 heteroatoms. The Morgan fingerprint density at radius 3 is 2.74 bits per heavy atom. The number of carboxylic acids is 1. The van der Waals surface area contributed by atoms with E-state index in [9.17, 15) is 13.2 Å². The zero-order valence-electron chi connectivity index (χ0n) is 10.8. The fourth-order valence-electron chi connectivity index (χ4n) is 2.31. The molecule has 0 amide bonds. The third kappa shape index (κ3) is 3.15. The Morgan fingerprint density at radius 1 is 1.53 bits per heavy atom. The molecule has 1 atom stereocenters. The van der Waals surface area contributed by atoms with Crippen LogP contribution in [-0.4, -0.2) is 34.5 Å². The first-order valence-electron chi connectivity index (χ1n) is 6.38. The number of nitrogens with zero attached hydrogens (tertiary/aromatic N) is 2. The van der Waals surface area contributed by atoms with Crippen LogP contribution in [0.3, 0.4) is 0 Å². The van der Waals surface area contributed by atoms with Gasteiger partial charge in [0, 0.05) is 6.20 Å². The standard InChI is InChI=1S/C12H18N2O4S/c1-9(12(15)16)19(17,18)8-10-6-7-14(13-10)11-4-2-3-5-11/h6-7,9,11H,2-5,8H2,1H3,(H,15,16). The Bertz CT molecular complexity index is 558. The Kier molecular flexibility index (Phi) is 3.93. The smallest absolute Gasteiger partial charge is 0.321 e. The van der Waals surface area contributed by atoms with Crippen LogP contribution in [0.15, 0.2) is 12.3 Å². The molecule has 0 spiro atoms. The van der Waals surface area contributed by atoms with Crippen LogP contribution in [0.5, 0.6) is 0 Å². The summed E-state index contributed by atoms with van der Waals surface area (Å²) in [5, 5.41) is 11.6. The van der Waals surface area contributed by atoms with Gasteiger partial charge in [-0.25, -0.2) is 8.42 Å². The molecule has 1 aromatic heterocycles. The fraction of sp³-hybridized carbons (Fsp3) is 0.667. The molecule has 19 heavy (non-hydrogen) atoms. The summed E-state index contributed by atoms with van der Waals surface area (Å²) in [6.07, 6.45) is 6.27. The fourth-order valence-corrected chi connectivity index (χ4v) is 3.43. The molecule has 1 aliphatic carbocycles. The van der Waals surface area contributed by atoms with Crippen LogP contribution in [0.2, 0.25) is 0 Å². The van der Waals surface area contributed by atoms with Gasteiger partial charge in [-0.05, 0) is 25.8 Å². The molecule has 0 saturated heterocycles. The van der Waals surface area contributed by atoms with E-state index in [1.165, 1.54) is 19.8 Å². The molecule has 6 nitrogen and oxygen atoms in total. The maximum Gasteiger partial charge on any atom is 0.321 e. The van der Waals surface area contributed by atoms with Crippen LogP contribution >= 0.6 is 0 Å². The molecule has 1 fully saturated rings. The largest absolute Gasteiger partial charge is 0.480 e. The van der Waals surface area contributed by atoms with E-state index in [1.807, 2.05) is 4.68 Å². The van der Waals surface area contributed by atoms with Crippen molar-refractivity contribution < 1.29 is 18.3 Å². The summed E-state index contributed by atoms with van der Waals surface area (Å²) in [5.41, 5.74) is 0.417. The van der Waals surface area contributed by atoms with Crippen LogP contribution in [-0.2, 0) is 20.4 Å². The van der Waals surface area contributed by atoms with E-state index in [0.717, 1.165) is 12.8 Å². The summed E-state index contributed by atoms with van der Waals surface area (Å²) < 4.78 is 25.5. The van der Waals surface area contributed by atoms with E-state index in [0.29, 0.717) is 11.7 Å². The lowest BCUT2D eigenvalue weighted by atomic mass is 10.3. The maximum absolute atomic E-state index is 11.8. The zero-order valence-corrected chi connectivity index (χ0v) is 11.6. The molecule has 1 heterocycles. The molecule has 2 rings (SSSR count). The van der Waals surface area contributed by atoms with Gasteiger partial charge in [0.1, 0.15) is 0 Å². The third-order valence-electron chi connectivity index (χ3n) is 3.60. The van der Waals surface area contributed by atoms with Gasteiger partial charge in [-0.3, -0.25) is 9.48 Å². The normalized spacial score (nSPS) is 18.6. The van der Waals surface area contributed by atoms with Gasteiger partial charge >= 0.3 is 5.97 Å². The number of carbonyl (C=O) groups is 1. The Hall–Kier alpha value is -1.37. The van der Waals surface area contributed by atoms with E-state index in [4.69, 9.17) is 5.11 Å². The van der Waals surface area contributed by atoms with E-state index in [-0.39, 0.29) is 5.75 Å². The topological polar surface area (TPSA) is 89.3 Å². The number of hydrogen-bond acceptors (Lipinski definition) is 4. The summed E-state index contributed by atoms with van der Waals surface area (Å²) in [7, 11) is -3.70. The highest BCUT2D eigenvalue weighted by molar-refractivity contribution is 7.91. The lowest BCUT2D eigenvalue weighted by Crippen LogP contribution is -2.28. The van der Waals surface area contributed by atoms with Crippen LogP contribution in [0, 0.1) is 0 Å². The van der Waals surface area contributed by atoms with Crippen LogP contribution < -0.4 is 0 Å². The molecule has 1 aromatic rings. The highest BCUT2D eigenvalue weighted by Crippen LogP contribution is 2.28. The first-order valence-corrected chi connectivity index (χ1v) is 8.10. The Morgan fingerprint density at radius 2 is 2.16 bits per heavy atom. The van der Waals surface area contributed by atoms with Gasteiger partial charge in [0.05, 0.1) is 17.5 Å². The molecule has 0 bridgehead atoms. The van der Waals surface area contributed by atoms with E-state index in [2.05, 4.69) is 5.10 Å². The molecular weight excluding hydrogens is 268 g/mol. The average Bonchev–Trinajstić information content (AvgIpc) is 2.96. The Balaban J connectivity index is 2.09. The number of aliphatic carboxylic acids is 1. The first-order chi connectivity index (χ1) is 8.90. The summed E-state index contributed by atoms with van der Waals surface area (Å²) in [6, 6.07) is 2.01. The first kappa shape index (κ1) is 14.0. The summed E-state index contributed by atoms with van der Waals surface area (Å²) in [4.78, 5) is 10.7. The Labute approximate surface area is 112 Å². The van der Waals surface area contributed by atoms with Gasteiger partial charge in [-0.15, -0.1) is 0 Å². The predicted molar refractivity (Wildman–Crippen MR) is 69.5 cm³/mol. The molecule has 1 saturated carbocycles. The summed E-state index contributed by atoms with van der Waals surface area (Å²) in [5.74, 6) is -1.64. The molecule has 1 aliphatic rings. The van der Waals surface area contributed by atoms with E-state index in [1.54, 1.807) is 12.3 Å². The predicted octanol–water partition coefficient (Wildman–Crippen LogP) is 1.39. The van der Waals surface area contributed by atoms with Gasteiger partial charge in [0.2, 0.25) is 0 Å². The number of rotatable bonds is 5. The van der Waals surface area contributed by atoms with Gasteiger partial charge in [-0.1, -0.05) is 12.8 Å². The quantitative estimate of drug-likeness (QED) is 0.883. The van der Waals surface area contributed by atoms with Crippen LogP contribution in [0.25, 0.3) is 0 Å². The number of hydrogen-bond donors (Lipinski definition) is 1. The minimum Gasteiger partial charge on any atom is -0.480 e. The second-order valence-electron chi connectivity index (χ2n) is 5.01. The minimum atomic E-state index is -3.70. The van der Waals surface area contributed by atoms with Crippen molar-refractivity contribution in [1.82, 2.24) is 9.78 Å². The summed E-state index contributed by atoms with van der Waals surface area (Å²) >= 11 is 0. The minimum absolute atomic E-state index is 0.319. The maximum atomic E-state index is 11.8. The van der Waals surface area contributed by atoms with Crippen molar-refractivity contribution in [2.45, 2.75) is 49.7 Å². The van der Waals surface area contributed by atoms with E-state index >= 15 is 0 Å². The number of carboxylic acid groups (broad SMARTS) is 1. The van der Waals surface area contributed by atoms with Crippen molar-refractivity contribution >= 4 is 15.8 Å². The second kappa shape index (κ2) is 5.32. The van der Waals surface area contributed by atoms with Crippen LogP contribution in [0.1, 0.15) is 44.3 Å². The number of aromatic nitrogens is 2. The van der Waals surface area contributed by atoms with Crippen molar-refractivity contribution in [3.05, 3.63) is 18.0 Å². The molecule has 0 aliphatic heterocycles.